The highest BCUT2D eigenvalue weighted by atomic mass is 35.5. The zero-order chi connectivity index (χ0) is 14.2. The first-order valence-corrected chi connectivity index (χ1v) is 7.52. The Morgan fingerprint density at radius 1 is 1.18 bits per heavy atom. The zero-order valence-electron chi connectivity index (χ0n) is 13.1. The smallest absolute Gasteiger partial charge is 0.230 e. The van der Waals surface area contributed by atoms with Crippen LogP contribution in [0.5, 0.6) is 0 Å². The lowest BCUT2D eigenvalue weighted by atomic mass is 10.0. The Bertz CT molecular complexity index is 409. The van der Waals surface area contributed by atoms with Crippen LogP contribution in [0.15, 0.2) is 30.3 Å². The molecule has 0 aliphatic carbocycles. The summed E-state index contributed by atoms with van der Waals surface area (Å²) in [4.78, 5) is 13.4. The Balaban J connectivity index is 0.00000220. The van der Waals surface area contributed by atoms with E-state index in [1.54, 1.807) is 0 Å². The second-order valence-corrected chi connectivity index (χ2v) is 5.53. The summed E-state index contributed by atoms with van der Waals surface area (Å²) in [5, 5.41) is 0. The predicted octanol–water partition coefficient (Wildman–Crippen LogP) is 2.57. The number of piperidine rings is 1. The van der Waals surface area contributed by atoms with Gasteiger partial charge in [-0.15, -0.1) is 24.8 Å². The molecule has 0 radical (unpaired) electrons. The van der Waals surface area contributed by atoms with Crippen LogP contribution in [0.3, 0.4) is 0 Å². The summed E-state index contributed by atoms with van der Waals surface area (Å²) in [6.45, 7) is 4.94. The van der Waals surface area contributed by atoms with E-state index in [1.165, 1.54) is 25.5 Å². The van der Waals surface area contributed by atoms with Crippen molar-refractivity contribution in [3.63, 3.8) is 0 Å². The number of amides is 1. The molecule has 1 aliphatic rings. The number of hydrogen-bond donors (Lipinski definition) is 2. The average molecular weight is 348 g/mol. The van der Waals surface area contributed by atoms with E-state index in [0.717, 1.165) is 32.4 Å². The molecule has 1 saturated heterocycles. The molecule has 22 heavy (non-hydrogen) atoms. The number of benzene rings is 1. The molecular formula is C16H27Cl2N3O. The molecule has 2 rings (SSSR count). The van der Waals surface area contributed by atoms with Crippen LogP contribution in [0, 0.1) is 0 Å². The molecule has 1 heterocycles. The lowest BCUT2D eigenvalue weighted by Crippen LogP contribution is -2.49. The standard InChI is InChI=1S/C16H25N3O.2ClH/c1-14(20)17-18-16-9-12-19(13-10-16)11-5-8-15-6-3-2-4-7-15;;/h2-4,6-7,16,18H,5,8-13H2,1H3,(H,17,20);2*1H. The highest BCUT2D eigenvalue weighted by Crippen LogP contribution is 2.11. The van der Waals surface area contributed by atoms with E-state index in [0.29, 0.717) is 6.04 Å². The van der Waals surface area contributed by atoms with E-state index in [4.69, 9.17) is 0 Å². The van der Waals surface area contributed by atoms with Gasteiger partial charge in [0, 0.05) is 13.0 Å². The van der Waals surface area contributed by atoms with Crippen LogP contribution >= 0.6 is 24.8 Å². The maximum Gasteiger partial charge on any atom is 0.230 e. The first-order chi connectivity index (χ1) is 9.74. The molecule has 0 unspecified atom stereocenters. The van der Waals surface area contributed by atoms with E-state index >= 15 is 0 Å². The minimum atomic E-state index is -0.0182. The fourth-order valence-electron chi connectivity index (χ4n) is 2.66. The van der Waals surface area contributed by atoms with Crippen LogP contribution in [0.2, 0.25) is 0 Å². The van der Waals surface area contributed by atoms with Crippen LogP contribution in [0.25, 0.3) is 0 Å². The van der Waals surface area contributed by atoms with E-state index in [2.05, 4.69) is 46.1 Å². The van der Waals surface area contributed by atoms with Crippen molar-refractivity contribution >= 4 is 30.7 Å². The Morgan fingerprint density at radius 2 is 1.82 bits per heavy atom. The second-order valence-electron chi connectivity index (χ2n) is 5.53. The summed E-state index contributed by atoms with van der Waals surface area (Å²) in [6, 6.07) is 11.1. The molecule has 1 aromatic rings. The van der Waals surface area contributed by atoms with E-state index in [9.17, 15) is 4.79 Å². The molecule has 0 atom stereocenters. The van der Waals surface area contributed by atoms with Crippen LogP contribution in [-0.4, -0.2) is 36.5 Å². The zero-order valence-corrected chi connectivity index (χ0v) is 14.7. The second kappa shape index (κ2) is 11.7. The van der Waals surface area contributed by atoms with Gasteiger partial charge in [-0.2, -0.15) is 0 Å². The largest absolute Gasteiger partial charge is 0.303 e. The lowest BCUT2D eigenvalue weighted by Gasteiger charge is -2.32. The molecule has 0 saturated carbocycles. The van der Waals surface area contributed by atoms with E-state index in [-0.39, 0.29) is 30.7 Å². The number of aryl methyl sites for hydroxylation is 1. The summed E-state index contributed by atoms with van der Waals surface area (Å²) in [6.07, 6.45) is 4.58. The van der Waals surface area contributed by atoms with Crippen LogP contribution in [0.1, 0.15) is 31.7 Å². The number of carbonyl (C=O) groups is 1. The minimum Gasteiger partial charge on any atom is -0.303 e. The summed E-state index contributed by atoms with van der Waals surface area (Å²) < 4.78 is 0. The van der Waals surface area contributed by atoms with Gasteiger partial charge >= 0.3 is 0 Å². The first-order valence-electron chi connectivity index (χ1n) is 7.52. The molecular weight excluding hydrogens is 321 g/mol. The van der Waals surface area contributed by atoms with Gasteiger partial charge in [-0.05, 0) is 50.9 Å². The van der Waals surface area contributed by atoms with E-state index < -0.39 is 0 Å². The monoisotopic (exact) mass is 347 g/mol. The summed E-state index contributed by atoms with van der Waals surface area (Å²) in [7, 11) is 0. The molecule has 0 spiro atoms. The topological polar surface area (TPSA) is 44.4 Å². The Labute approximate surface area is 145 Å². The van der Waals surface area contributed by atoms with Gasteiger partial charge in [-0.1, -0.05) is 30.3 Å². The Morgan fingerprint density at radius 3 is 2.41 bits per heavy atom. The van der Waals surface area contributed by atoms with Crippen molar-refractivity contribution in [2.45, 2.75) is 38.6 Å². The number of halogens is 2. The van der Waals surface area contributed by atoms with Gasteiger partial charge in [0.1, 0.15) is 0 Å². The van der Waals surface area contributed by atoms with Crippen molar-refractivity contribution in [2.75, 3.05) is 19.6 Å². The molecule has 1 aliphatic heterocycles. The summed E-state index contributed by atoms with van der Waals surface area (Å²) in [5.41, 5.74) is 7.21. The van der Waals surface area contributed by atoms with E-state index in [1.807, 2.05) is 0 Å². The number of hydrogen-bond acceptors (Lipinski definition) is 3. The van der Waals surface area contributed by atoms with Gasteiger partial charge in [0.25, 0.3) is 0 Å². The molecule has 4 nitrogen and oxygen atoms in total. The van der Waals surface area contributed by atoms with Gasteiger partial charge < -0.3 is 4.90 Å². The first kappa shape index (κ1) is 21.2. The van der Waals surface area contributed by atoms with Gasteiger partial charge in [-0.25, -0.2) is 5.43 Å². The van der Waals surface area contributed by atoms with Crippen molar-refractivity contribution in [1.29, 1.82) is 0 Å². The van der Waals surface area contributed by atoms with Gasteiger partial charge in [0.2, 0.25) is 5.91 Å². The van der Waals surface area contributed by atoms with Crippen molar-refractivity contribution in [1.82, 2.24) is 15.8 Å². The van der Waals surface area contributed by atoms with Crippen molar-refractivity contribution in [2.24, 2.45) is 0 Å². The molecule has 0 aromatic heterocycles. The number of hydrazine groups is 1. The molecule has 1 aromatic carbocycles. The molecule has 6 heteroatoms. The third-order valence-corrected chi connectivity index (χ3v) is 3.82. The number of carbonyl (C=O) groups excluding carboxylic acids is 1. The van der Waals surface area contributed by atoms with Crippen LogP contribution in [0.4, 0.5) is 0 Å². The highest BCUT2D eigenvalue weighted by Gasteiger charge is 2.18. The Kier molecular flexibility index (Phi) is 11.3. The fraction of sp³-hybridized carbons (Fsp3) is 0.562. The van der Waals surface area contributed by atoms with Crippen molar-refractivity contribution in [3.05, 3.63) is 35.9 Å². The molecule has 126 valence electrons. The normalized spacial score (nSPS) is 15.5. The predicted molar refractivity (Wildman–Crippen MR) is 95.7 cm³/mol. The van der Waals surface area contributed by atoms with Crippen molar-refractivity contribution in [3.8, 4) is 0 Å². The number of nitrogens with zero attached hydrogens (tertiary/aromatic N) is 1. The lowest BCUT2D eigenvalue weighted by molar-refractivity contribution is -0.120. The SMILES string of the molecule is CC(=O)NNC1CCN(CCCc2ccccc2)CC1.Cl.Cl. The molecule has 1 fully saturated rings. The molecule has 1 amide bonds. The Hall–Kier alpha value is -0.810. The van der Waals surface area contributed by atoms with Crippen LogP contribution in [-0.2, 0) is 11.2 Å². The van der Waals surface area contributed by atoms with Crippen molar-refractivity contribution < 1.29 is 4.79 Å². The fourth-order valence-corrected chi connectivity index (χ4v) is 2.66. The maximum atomic E-state index is 10.8. The minimum absolute atomic E-state index is 0. The summed E-state index contributed by atoms with van der Waals surface area (Å²) in [5.74, 6) is -0.0182. The van der Waals surface area contributed by atoms with Crippen LogP contribution < -0.4 is 10.9 Å². The van der Waals surface area contributed by atoms with Gasteiger partial charge in [-0.3, -0.25) is 10.2 Å². The summed E-state index contributed by atoms with van der Waals surface area (Å²) >= 11 is 0. The molecule has 0 bridgehead atoms. The quantitative estimate of drug-likeness (QED) is 0.777. The number of likely N-dealkylation sites (tertiary alicyclic amines) is 1. The van der Waals surface area contributed by atoms with Gasteiger partial charge in [0.05, 0.1) is 0 Å². The number of nitrogens with one attached hydrogen (secondary N) is 2. The average Bonchev–Trinajstić information content (AvgIpc) is 2.47. The highest BCUT2D eigenvalue weighted by molar-refractivity contribution is 5.85. The third kappa shape index (κ3) is 7.99. The maximum absolute atomic E-state index is 10.8. The number of rotatable bonds is 6. The molecule has 2 N–H and O–H groups in total. The third-order valence-electron chi connectivity index (χ3n) is 3.82. The van der Waals surface area contributed by atoms with Gasteiger partial charge in [0.15, 0.2) is 0 Å².